The second-order valence-corrected chi connectivity index (χ2v) is 11.3. The molecule has 0 saturated carbocycles. The zero-order valence-electron chi connectivity index (χ0n) is 22.1. The summed E-state index contributed by atoms with van der Waals surface area (Å²) in [5.41, 5.74) is 1.89. The van der Waals surface area contributed by atoms with Crippen LogP contribution in [-0.2, 0) is 22.6 Å². The van der Waals surface area contributed by atoms with Gasteiger partial charge in [0.25, 0.3) is 5.91 Å². The van der Waals surface area contributed by atoms with E-state index in [0.29, 0.717) is 12.2 Å². The molecular formula is C32H32Br2N2O3. The topological polar surface area (TPSA) is 58.6 Å². The first-order chi connectivity index (χ1) is 18.9. The maximum absolute atomic E-state index is 13.9. The molecule has 4 aromatic rings. The fourth-order valence-corrected chi connectivity index (χ4v) is 5.43. The standard InChI is InChI=1S/C32H32Br2N2O3/c1-3-22(2)35-32(38)28(19-23-10-5-4-6-11-23)36(20-24-12-9-14-26(33)18-24)30(37)21-39-29-17-16-25-13-7-8-15-27(25)31(29)34/h4-18,22,28H,3,19-21H2,1-2H3,(H,35,38)/t22-,28-/m1/s1. The highest BCUT2D eigenvalue weighted by molar-refractivity contribution is 9.11. The van der Waals surface area contributed by atoms with Gasteiger partial charge in [-0.3, -0.25) is 9.59 Å². The van der Waals surface area contributed by atoms with Crippen molar-refractivity contribution in [2.45, 2.75) is 45.3 Å². The number of carbonyl (C=O) groups excluding carboxylic acids is 2. The SMILES string of the molecule is CC[C@@H](C)NC(=O)[C@@H](Cc1ccccc1)N(Cc1cccc(Br)c1)C(=O)COc1ccc2ccccc2c1Br. The van der Waals surface area contributed by atoms with E-state index in [0.717, 1.165) is 37.3 Å². The minimum absolute atomic E-state index is 0.0107. The molecule has 0 spiro atoms. The molecule has 2 atom stereocenters. The van der Waals surface area contributed by atoms with Gasteiger partial charge in [0.1, 0.15) is 11.8 Å². The first-order valence-corrected chi connectivity index (χ1v) is 14.6. The molecule has 5 nitrogen and oxygen atoms in total. The van der Waals surface area contributed by atoms with E-state index in [1.807, 2.05) is 105 Å². The van der Waals surface area contributed by atoms with E-state index < -0.39 is 6.04 Å². The van der Waals surface area contributed by atoms with Gasteiger partial charge in [-0.15, -0.1) is 0 Å². The summed E-state index contributed by atoms with van der Waals surface area (Å²) >= 11 is 7.17. The molecule has 0 bridgehead atoms. The molecule has 2 amide bonds. The molecule has 202 valence electrons. The molecule has 0 aliphatic carbocycles. The molecule has 0 radical (unpaired) electrons. The Bertz CT molecular complexity index is 1430. The highest BCUT2D eigenvalue weighted by Crippen LogP contribution is 2.33. The van der Waals surface area contributed by atoms with Crippen LogP contribution in [0.5, 0.6) is 5.75 Å². The van der Waals surface area contributed by atoms with Crippen LogP contribution >= 0.6 is 31.9 Å². The van der Waals surface area contributed by atoms with E-state index in [1.54, 1.807) is 4.90 Å². The minimum Gasteiger partial charge on any atom is -0.483 e. The summed E-state index contributed by atoms with van der Waals surface area (Å²) in [7, 11) is 0. The smallest absolute Gasteiger partial charge is 0.261 e. The van der Waals surface area contributed by atoms with E-state index in [1.165, 1.54) is 0 Å². The number of amides is 2. The number of carbonyl (C=O) groups is 2. The molecular weight excluding hydrogens is 620 g/mol. The summed E-state index contributed by atoms with van der Waals surface area (Å²) in [6.45, 7) is 4.06. The van der Waals surface area contributed by atoms with Crippen molar-refractivity contribution in [2.75, 3.05) is 6.61 Å². The minimum atomic E-state index is -0.712. The molecule has 4 aromatic carbocycles. The summed E-state index contributed by atoms with van der Waals surface area (Å²) < 4.78 is 7.76. The van der Waals surface area contributed by atoms with Gasteiger partial charge in [-0.2, -0.15) is 0 Å². The second-order valence-electron chi connectivity index (χ2n) is 9.56. The van der Waals surface area contributed by atoms with Crippen molar-refractivity contribution >= 4 is 54.4 Å². The van der Waals surface area contributed by atoms with Crippen molar-refractivity contribution < 1.29 is 14.3 Å². The largest absolute Gasteiger partial charge is 0.483 e. The summed E-state index contributed by atoms with van der Waals surface area (Å²) in [6, 6.07) is 28.7. The molecule has 39 heavy (non-hydrogen) atoms. The van der Waals surface area contributed by atoms with E-state index in [9.17, 15) is 9.59 Å². The Hall–Kier alpha value is -3.16. The Labute approximate surface area is 246 Å². The number of hydrogen-bond acceptors (Lipinski definition) is 3. The fourth-order valence-electron chi connectivity index (χ4n) is 4.37. The Kier molecular flexibility index (Phi) is 10.2. The maximum Gasteiger partial charge on any atom is 0.261 e. The highest BCUT2D eigenvalue weighted by atomic mass is 79.9. The van der Waals surface area contributed by atoms with Gasteiger partial charge in [0.15, 0.2) is 6.61 Å². The van der Waals surface area contributed by atoms with Gasteiger partial charge in [0.05, 0.1) is 4.47 Å². The van der Waals surface area contributed by atoms with Crippen molar-refractivity contribution in [1.29, 1.82) is 0 Å². The van der Waals surface area contributed by atoms with E-state index >= 15 is 0 Å². The van der Waals surface area contributed by atoms with Gasteiger partial charge >= 0.3 is 0 Å². The van der Waals surface area contributed by atoms with Crippen LogP contribution < -0.4 is 10.1 Å². The lowest BCUT2D eigenvalue weighted by Gasteiger charge is -2.32. The fraction of sp³-hybridized carbons (Fsp3) is 0.250. The first kappa shape index (κ1) is 28.8. The third-order valence-corrected chi connectivity index (χ3v) is 8.00. The van der Waals surface area contributed by atoms with Gasteiger partial charge in [0.2, 0.25) is 5.91 Å². The van der Waals surface area contributed by atoms with Crippen molar-refractivity contribution in [3.8, 4) is 5.75 Å². The van der Waals surface area contributed by atoms with Crippen LogP contribution in [0.4, 0.5) is 0 Å². The molecule has 0 unspecified atom stereocenters. The first-order valence-electron chi connectivity index (χ1n) is 13.0. The van der Waals surface area contributed by atoms with Crippen LogP contribution in [0.25, 0.3) is 10.8 Å². The predicted octanol–water partition coefficient (Wildman–Crippen LogP) is 7.30. The molecule has 1 N–H and O–H groups in total. The molecule has 0 fully saturated rings. The van der Waals surface area contributed by atoms with Gasteiger partial charge in [-0.1, -0.05) is 95.7 Å². The molecule has 0 heterocycles. The molecule has 0 aliphatic heterocycles. The van der Waals surface area contributed by atoms with Crippen molar-refractivity contribution in [1.82, 2.24) is 10.2 Å². The highest BCUT2D eigenvalue weighted by Gasteiger charge is 2.31. The zero-order valence-corrected chi connectivity index (χ0v) is 25.2. The van der Waals surface area contributed by atoms with Gasteiger partial charge in [-0.25, -0.2) is 0 Å². The number of nitrogens with one attached hydrogen (secondary N) is 1. The number of halogens is 2. The predicted molar refractivity (Wildman–Crippen MR) is 164 cm³/mol. The summed E-state index contributed by atoms with van der Waals surface area (Å²) in [5, 5.41) is 5.17. The monoisotopic (exact) mass is 650 g/mol. The Morgan fingerprint density at radius 2 is 1.62 bits per heavy atom. The normalized spacial score (nSPS) is 12.5. The van der Waals surface area contributed by atoms with Crippen LogP contribution in [0.15, 0.2) is 99.9 Å². The van der Waals surface area contributed by atoms with E-state index in [4.69, 9.17) is 4.74 Å². The van der Waals surface area contributed by atoms with Crippen LogP contribution in [0.1, 0.15) is 31.4 Å². The lowest BCUT2D eigenvalue weighted by molar-refractivity contribution is -0.143. The second kappa shape index (κ2) is 13.8. The van der Waals surface area contributed by atoms with Crippen LogP contribution in [-0.4, -0.2) is 35.4 Å². The Morgan fingerprint density at radius 3 is 2.36 bits per heavy atom. The average molecular weight is 652 g/mol. The quantitative estimate of drug-likeness (QED) is 0.185. The Balaban J connectivity index is 1.64. The third kappa shape index (κ3) is 7.70. The molecule has 0 aliphatic rings. The summed E-state index contributed by atoms with van der Waals surface area (Å²) in [5.74, 6) is 0.131. The van der Waals surface area contributed by atoms with Crippen LogP contribution in [0.3, 0.4) is 0 Å². The third-order valence-electron chi connectivity index (χ3n) is 6.69. The Morgan fingerprint density at radius 1 is 0.897 bits per heavy atom. The van der Waals surface area contributed by atoms with Crippen LogP contribution in [0, 0.1) is 0 Å². The average Bonchev–Trinajstić information content (AvgIpc) is 2.95. The maximum atomic E-state index is 13.9. The van der Waals surface area contributed by atoms with E-state index in [-0.39, 0.29) is 31.0 Å². The summed E-state index contributed by atoms with van der Waals surface area (Å²) in [6.07, 6.45) is 1.19. The summed E-state index contributed by atoms with van der Waals surface area (Å²) in [4.78, 5) is 29.1. The number of nitrogens with zero attached hydrogens (tertiary/aromatic N) is 1. The zero-order chi connectivity index (χ0) is 27.8. The van der Waals surface area contributed by atoms with E-state index in [2.05, 4.69) is 37.2 Å². The molecule has 7 heteroatoms. The number of hydrogen-bond donors (Lipinski definition) is 1. The number of ether oxygens (including phenoxy) is 1. The van der Waals surface area contributed by atoms with Crippen molar-refractivity contribution in [3.63, 3.8) is 0 Å². The lowest BCUT2D eigenvalue weighted by Crippen LogP contribution is -2.53. The molecule has 4 rings (SSSR count). The van der Waals surface area contributed by atoms with Crippen molar-refractivity contribution in [2.24, 2.45) is 0 Å². The molecule has 0 aromatic heterocycles. The molecule has 0 saturated heterocycles. The number of benzene rings is 4. The number of fused-ring (bicyclic) bond motifs is 1. The number of rotatable bonds is 11. The van der Waals surface area contributed by atoms with Crippen LogP contribution in [0.2, 0.25) is 0 Å². The van der Waals surface area contributed by atoms with Crippen molar-refractivity contribution in [3.05, 3.63) is 111 Å². The lowest BCUT2D eigenvalue weighted by atomic mass is 10.0. The van der Waals surface area contributed by atoms with Gasteiger partial charge < -0.3 is 15.0 Å². The van der Waals surface area contributed by atoms with Gasteiger partial charge in [0, 0.05) is 23.5 Å². The van der Waals surface area contributed by atoms with Gasteiger partial charge in [-0.05, 0) is 69.4 Å².